The van der Waals surface area contributed by atoms with Crippen LogP contribution in [0.2, 0.25) is 15.1 Å². The third-order valence-corrected chi connectivity index (χ3v) is 7.42. The number of unbranched alkanes of at least 4 members (excludes halogenated alkanes) is 1. The number of nitrogens with one attached hydrogen (secondary N) is 1. The van der Waals surface area contributed by atoms with Crippen LogP contribution in [0.1, 0.15) is 38.7 Å². The second-order valence-corrected chi connectivity index (χ2v) is 11.2. The van der Waals surface area contributed by atoms with Crippen LogP contribution in [0, 0.1) is 0 Å². The molecule has 0 aliphatic heterocycles. The summed E-state index contributed by atoms with van der Waals surface area (Å²) < 4.78 is 26.2. The molecule has 0 bridgehead atoms. The molecule has 11 heteroatoms. The SMILES string of the molecule is CCCCNC(=O)[C@@H](CC)N(Cc1ccccc1Cl)C(=O)CN(c1cc(Cl)ccc1Cl)S(C)(=O)=O. The van der Waals surface area contributed by atoms with Gasteiger partial charge in [-0.1, -0.05) is 73.3 Å². The van der Waals surface area contributed by atoms with E-state index in [1.165, 1.54) is 23.1 Å². The van der Waals surface area contributed by atoms with Crippen LogP contribution >= 0.6 is 34.8 Å². The summed E-state index contributed by atoms with van der Waals surface area (Å²) in [6.45, 7) is 3.74. The molecule has 192 valence electrons. The lowest BCUT2D eigenvalue weighted by Crippen LogP contribution is -2.52. The predicted octanol–water partition coefficient (Wildman–Crippen LogP) is 5.14. The first-order valence-corrected chi connectivity index (χ1v) is 14.2. The number of rotatable bonds is 12. The molecule has 2 rings (SSSR count). The minimum absolute atomic E-state index is 0.0269. The summed E-state index contributed by atoms with van der Waals surface area (Å²) in [6, 6.07) is 10.5. The van der Waals surface area contributed by atoms with E-state index in [1.807, 2.05) is 6.92 Å². The molecule has 2 aromatic carbocycles. The number of amides is 2. The molecule has 1 N–H and O–H groups in total. The average molecular weight is 563 g/mol. The standard InChI is InChI=1S/C24H30Cl3N3O4S/c1-4-6-13-28-24(32)21(5-2)29(15-17-9-7-8-10-19(17)26)23(31)16-30(35(3,33)34)22-14-18(25)11-12-20(22)27/h7-12,14,21H,4-6,13,15-16H2,1-3H3,(H,28,32)/t21-/m1/s1. The van der Waals surface area contributed by atoms with Crippen molar-refractivity contribution in [3.63, 3.8) is 0 Å². The number of halogens is 3. The Balaban J connectivity index is 2.46. The highest BCUT2D eigenvalue weighted by Gasteiger charge is 2.32. The highest BCUT2D eigenvalue weighted by atomic mass is 35.5. The second-order valence-electron chi connectivity index (χ2n) is 8.05. The zero-order valence-corrected chi connectivity index (χ0v) is 23.0. The van der Waals surface area contributed by atoms with Gasteiger partial charge in [-0.3, -0.25) is 13.9 Å². The topological polar surface area (TPSA) is 86.8 Å². The van der Waals surface area contributed by atoms with Gasteiger partial charge in [-0.15, -0.1) is 0 Å². The monoisotopic (exact) mass is 561 g/mol. The summed E-state index contributed by atoms with van der Waals surface area (Å²) in [5, 5.41) is 3.68. The van der Waals surface area contributed by atoms with Gasteiger partial charge in [0.05, 0.1) is 17.0 Å². The van der Waals surface area contributed by atoms with Crippen molar-refractivity contribution in [2.75, 3.05) is 23.7 Å². The minimum Gasteiger partial charge on any atom is -0.354 e. The number of sulfonamides is 1. The van der Waals surface area contributed by atoms with Crippen LogP contribution in [-0.4, -0.2) is 50.5 Å². The van der Waals surface area contributed by atoms with Crippen LogP contribution < -0.4 is 9.62 Å². The largest absolute Gasteiger partial charge is 0.354 e. The van der Waals surface area contributed by atoms with Gasteiger partial charge in [0, 0.05) is 23.1 Å². The van der Waals surface area contributed by atoms with Crippen LogP contribution in [0.15, 0.2) is 42.5 Å². The van der Waals surface area contributed by atoms with Gasteiger partial charge in [-0.25, -0.2) is 8.42 Å². The zero-order chi connectivity index (χ0) is 26.2. The van der Waals surface area contributed by atoms with Crippen molar-refractivity contribution in [3.8, 4) is 0 Å². The lowest BCUT2D eigenvalue weighted by Gasteiger charge is -2.33. The third-order valence-electron chi connectivity index (χ3n) is 5.37. The Morgan fingerprint density at radius 1 is 1.03 bits per heavy atom. The lowest BCUT2D eigenvalue weighted by atomic mass is 10.1. The fourth-order valence-electron chi connectivity index (χ4n) is 3.51. The van der Waals surface area contributed by atoms with Crippen LogP contribution in [0.25, 0.3) is 0 Å². The van der Waals surface area contributed by atoms with Gasteiger partial charge in [0.2, 0.25) is 21.8 Å². The van der Waals surface area contributed by atoms with Crippen LogP contribution in [0.3, 0.4) is 0 Å². The van der Waals surface area contributed by atoms with Crippen molar-refractivity contribution in [1.29, 1.82) is 0 Å². The molecule has 0 aliphatic rings. The number of nitrogens with zero attached hydrogens (tertiary/aromatic N) is 2. The number of hydrogen-bond acceptors (Lipinski definition) is 4. The van der Waals surface area contributed by atoms with Gasteiger partial charge in [0.15, 0.2) is 0 Å². The van der Waals surface area contributed by atoms with E-state index in [0.717, 1.165) is 23.4 Å². The molecule has 1 atom stereocenters. The van der Waals surface area contributed by atoms with Crippen LogP contribution in [0.5, 0.6) is 0 Å². The highest BCUT2D eigenvalue weighted by molar-refractivity contribution is 7.92. The number of anilines is 1. The fraction of sp³-hybridized carbons (Fsp3) is 0.417. The number of benzene rings is 2. The molecule has 0 aliphatic carbocycles. The maximum Gasteiger partial charge on any atom is 0.244 e. The molecule has 0 unspecified atom stereocenters. The molecule has 2 amide bonds. The molecule has 0 spiro atoms. The Labute approximate surface area is 222 Å². The number of carbonyl (C=O) groups excluding carboxylic acids is 2. The molecular weight excluding hydrogens is 533 g/mol. The number of hydrogen-bond donors (Lipinski definition) is 1. The molecule has 0 saturated heterocycles. The quantitative estimate of drug-likeness (QED) is 0.363. The van der Waals surface area contributed by atoms with Gasteiger partial charge in [-0.2, -0.15) is 0 Å². The van der Waals surface area contributed by atoms with Crippen molar-refractivity contribution >= 4 is 62.3 Å². The molecule has 0 heterocycles. The van der Waals surface area contributed by atoms with E-state index in [1.54, 1.807) is 31.2 Å². The summed E-state index contributed by atoms with van der Waals surface area (Å²) >= 11 is 18.7. The van der Waals surface area contributed by atoms with Crippen LogP contribution in [-0.2, 0) is 26.2 Å². The van der Waals surface area contributed by atoms with Gasteiger partial charge in [-0.05, 0) is 42.7 Å². The predicted molar refractivity (Wildman–Crippen MR) is 143 cm³/mol. The fourth-order valence-corrected chi connectivity index (χ4v) is 4.99. The molecule has 0 radical (unpaired) electrons. The van der Waals surface area contributed by atoms with E-state index < -0.39 is 28.5 Å². The summed E-state index contributed by atoms with van der Waals surface area (Å²) in [7, 11) is -3.92. The first-order chi connectivity index (χ1) is 16.5. The van der Waals surface area contributed by atoms with E-state index in [4.69, 9.17) is 34.8 Å². The van der Waals surface area contributed by atoms with Crippen molar-refractivity contribution in [2.24, 2.45) is 0 Å². The highest BCUT2D eigenvalue weighted by Crippen LogP contribution is 2.31. The number of carbonyl (C=O) groups is 2. The second kappa shape index (κ2) is 13.3. The average Bonchev–Trinajstić information content (AvgIpc) is 2.79. The van der Waals surface area contributed by atoms with Crippen molar-refractivity contribution in [3.05, 3.63) is 63.1 Å². The Morgan fingerprint density at radius 2 is 1.71 bits per heavy atom. The normalized spacial score (nSPS) is 12.2. The van der Waals surface area contributed by atoms with Crippen molar-refractivity contribution in [1.82, 2.24) is 10.2 Å². The Kier molecular flexibility index (Phi) is 11.1. The van der Waals surface area contributed by atoms with Crippen molar-refractivity contribution in [2.45, 2.75) is 45.7 Å². The van der Waals surface area contributed by atoms with Gasteiger partial charge >= 0.3 is 0 Å². The van der Waals surface area contributed by atoms with Crippen molar-refractivity contribution < 1.29 is 18.0 Å². The summed E-state index contributed by atoms with van der Waals surface area (Å²) in [6.07, 6.45) is 3.01. The molecule has 0 saturated carbocycles. The summed E-state index contributed by atoms with van der Waals surface area (Å²) in [5.74, 6) is -0.892. The van der Waals surface area contributed by atoms with E-state index in [0.29, 0.717) is 23.6 Å². The first-order valence-electron chi connectivity index (χ1n) is 11.2. The summed E-state index contributed by atoms with van der Waals surface area (Å²) in [4.78, 5) is 28.0. The maximum atomic E-state index is 13.6. The Bertz CT molecular complexity index is 1140. The van der Waals surface area contributed by atoms with Gasteiger partial charge in [0.25, 0.3) is 0 Å². The smallest absolute Gasteiger partial charge is 0.244 e. The molecular formula is C24H30Cl3N3O4S. The molecule has 2 aromatic rings. The van der Waals surface area contributed by atoms with Crippen LogP contribution in [0.4, 0.5) is 5.69 Å². The Hall–Kier alpha value is -2.00. The van der Waals surface area contributed by atoms with E-state index in [-0.39, 0.29) is 28.2 Å². The van der Waals surface area contributed by atoms with Gasteiger partial charge < -0.3 is 10.2 Å². The van der Waals surface area contributed by atoms with E-state index >= 15 is 0 Å². The molecule has 7 nitrogen and oxygen atoms in total. The molecule has 0 fully saturated rings. The molecule has 0 aromatic heterocycles. The lowest BCUT2D eigenvalue weighted by molar-refractivity contribution is -0.140. The minimum atomic E-state index is -3.92. The summed E-state index contributed by atoms with van der Waals surface area (Å²) in [5.41, 5.74) is 0.710. The zero-order valence-electron chi connectivity index (χ0n) is 19.9. The Morgan fingerprint density at radius 3 is 2.31 bits per heavy atom. The van der Waals surface area contributed by atoms with Gasteiger partial charge in [0.1, 0.15) is 12.6 Å². The van der Waals surface area contributed by atoms with E-state index in [9.17, 15) is 18.0 Å². The van der Waals surface area contributed by atoms with E-state index in [2.05, 4.69) is 5.32 Å². The first kappa shape index (κ1) is 29.2. The maximum absolute atomic E-state index is 13.6. The third kappa shape index (κ3) is 8.27. The molecule has 35 heavy (non-hydrogen) atoms.